The Hall–Kier alpha value is -1.34. The first-order chi connectivity index (χ1) is 8.65. The molecule has 0 aliphatic heterocycles. The molecule has 1 heterocycles. The maximum absolute atomic E-state index is 11.7. The van der Waals surface area contributed by atoms with Gasteiger partial charge in [-0.3, -0.25) is 9.89 Å². The number of nitrogens with zero attached hydrogens (tertiary/aromatic N) is 2. The van der Waals surface area contributed by atoms with Crippen molar-refractivity contribution in [3.8, 4) is 0 Å². The molecular formula is C11H11BrN4OS. The van der Waals surface area contributed by atoms with E-state index in [2.05, 4.69) is 36.4 Å². The summed E-state index contributed by atoms with van der Waals surface area (Å²) in [6.45, 7) is 1.98. The van der Waals surface area contributed by atoms with Crippen LogP contribution in [0.5, 0.6) is 0 Å². The van der Waals surface area contributed by atoms with Crippen LogP contribution in [0.3, 0.4) is 0 Å². The van der Waals surface area contributed by atoms with Gasteiger partial charge in [-0.05, 0) is 30.7 Å². The first-order valence-corrected chi connectivity index (χ1v) is 6.97. The molecule has 0 unspecified atom stereocenters. The van der Waals surface area contributed by atoms with Gasteiger partial charge in [-0.15, -0.1) is 0 Å². The van der Waals surface area contributed by atoms with E-state index < -0.39 is 0 Å². The zero-order chi connectivity index (χ0) is 13.0. The van der Waals surface area contributed by atoms with Crippen LogP contribution in [0, 0.1) is 6.92 Å². The Morgan fingerprint density at radius 3 is 3.06 bits per heavy atom. The van der Waals surface area contributed by atoms with Gasteiger partial charge in [0.05, 0.1) is 5.75 Å². The normalized spacial score (nSPS) is 10.3. The maximum atomic E-state index is 11.7. The van der Waals surface area contributed by atoms with Crippen molar-refractivity contribution in [1.82, 2.24) is 15.2 Å². The summed E-state index contributed by atoms with van der Waals surface area (Å²) in [4.78, 5) is 15.6. The first-order valence-electron chi connectivity index (χ1n) is 5.19. The third-order valence-electron chi connectivity index (χ3n) is 2.17. The van der Waals surface area contributed by atoms with E-state index in [0.717, 1.165) is 15.7 Å². The fraction of sp³-hybridized carbons (Fsp3) is 0.182. The van der Waals surface area contributed by atoms with Crippen molar-refractivity contribution in [2.24, 2.45) is 0 Å². The Labute approximate surface area is 117 Å². The molecule has 0 bridgehead atoms. The average molecular weight is 327 g/mol. The number of nitrogens with one attached hydrogen (secondary N) is 2. The fourth-order valence-electron chi connectivity index (χ4n) is 1.32. The number of halogens is 1. The number of anilines is 1. The second-order valence-electron chi connectivity index (χ2n) is 3.59. The zero-order valence-electron chi connectivity index (χ0n) is 9.61. The van der Waals surface area contributed by atoms with Crippen LogP contribution < -0.4 is 5.32 Å². The van der Waals surface area contributed by atoms with E-state index in [9.17, 15) is 4.79 Å². The lowest BCUT2D eigenvalue weighted by Crippen LogP contribution is -2.14. The summed E-state index contributed by atoms with van der Waals surface area (Å²) in [5.41, 5.74) is 1.87. The second kappa shape index (κ2) is 6.01. The topological polar surface area (TPSA) is 70.7 Å². The molecule has 0 atom stereocenters. The average Bonchev–Trinajstić information content (AvgIpc) is 2.84. The second-order valence-corrected chi connectivity index (χ2v) is 5.41. The van der Waals surface area contributed by atoms with E-state index in [-0.39, 0.29) is 5.91 Å². The van der Waals surface area contributed by atoms with Gasteiger partial charge >= 0.3 is 0 Å². The van der Waals surface area contributed by atoms with Crippen molar-refractivity contribution >= 4 is 39.3 Å². The molecule has 2 aromatic rings. The molecule has 0 aliphatic carbocycles. The van der Waals surface area contributed by atoms with Crippen molar-refractivity contribution in [3.05, 3.63) is 34.6 Å². The van der Waals surface area contributed by atoms with E-state index in [1.165, 1.54) is 18.1 Å². The number of hydrogen-bond donors (Lipinski definition) is 2. The number of carbonyl (C=O) groups excluding carboxylic acids is 1. The molecule has 0 fully saturated rings. The van der Waals surface area contributed by atoms with Gasteiger partial charge in [-0.1, -0.05) is 27.7 Å². The molecule has 1 aromatic heterocycles. The van der Waals surface area contributed by atoms with Crippen LogP contribution in [0.1, 0.15) is 5.56 Å². The van der Waals surface area contributed by atoms with Gasteiger partial charge in [0, 0.05) is 10.2 Å². The Balaban J connectivity index is 1.88. The predicted molar refractivity (Wildman–Crippen MR) is 74.6 cm³/mol. The van der Waals surface area contributed by atoms with Crippen LogP contribution >= 0.6 is 27.7 Å². The summed E-state index contributed by atoms with van der Waals surface area (Å²) in [6, 6.07) is 5.68. The molecule has 0 spiro atoms. The van der Waals surface area contributed by atoms with Crippen molar-refractivity contribution in [2.75, 3.05) is 11.1 Å². The minimum absolute atomic E-state index is 0.0712. The Morgan fingerprint density at radius 2 is 2.39 bits per heavy atom. The lowest BCUT2D eigenvalue weighted by molar-refractivity contribution is -0.113. The van der Waals surface area contributed by atoms with Crippen LogP contribution in [0.2, 0.25) is 0 Å². The van der Waals surface area contributed by atoms with Gasteiger partial charge in [-0.2, -0.15) is 5.10 Å². The van der Waals surface area contributed by atoms with Crippen LogP contribution in [0.25, 0.3) is 0 Å². The largest absolute Gasteiger partial charge is 0.325 e. The molecule has 1 aromatic carbocycles. The third-order valence-corrected chi connectivity index (χ3v) is 3.94. The summed E-state index contributed by atoms with van der Waals surface area (Å²) in [7, 11) is 0. The highest BCUT2D eigenvalue weighted by molar-refractivity contribution is 9.10. The molecule has 0 radical (unpaired) electrons. The predicted octanol–water partition coefficient (Wildman–Crippen LogP) is 2.61. The first kappa shape index (κ1) is 13.1. The molecule has 0 aliphatic rings. The SMILES string of the molecule is Cc1cc(NC(=O)CSc2ncn[nH]2)ccc1Br. The monoisotopic (exact) mass is 326 g/mol. The summed E-state index contributed by atoms with van der Waals surface area (Å²) in [5, 5.41) is 9.87. The van der Waals surface area contributed by atoms with Crippen LogP contribution in [-0.4, -0.2) is 26.8 Å². The smallest absolute Gasteiger partial charge is 0.234 e. The number of carbonyl (C=O) groups is 1. The number of thioether (sulfide) groups is 1. The Morgan fingerprint density at radius 1 is 1.56 bits per heavy atom. The van der Waals surface area contributed by atoms with E-state index >= 15 is 0 Å². The number of benzene rings is 1. The molecule has 0 saturated carbocycles. The highest BCUT2D eigenvalue weighted by atomic mass is 79.9. The molecule has 94 valence electrons. The minimum Gasteiger partial charge on any atom is -0.325 e. The quantitative estimate of drug-likeness (QED) is 0.847. The Kier molecular flexibility index (Phi) is 4.38. The molecule has 1 amide bonds. The number of aryl methyl sites for hydroxylation is 1. The number of aromatic nitrogens is 3. The van der Waals surface area contributed by atoms with Gasteiger partial charge in [0.2, 0.25) is 5.91 Å². The molecule has 0 saturated heterocycles. The molecular weight excluding hydrogens is 316 g/mol. The van der Waals surface area contributed by atoms with Crippen LogP contribution in [0.4, 0.5) is 5.69 Å². The maximum Gasteiger partial charge on any atom is 0.234 e. The molecule has 2 N–H and O–H groups in total. The van der Waals surface area contributed by atoms with Gasteiger partial charge in [-0.25, -0.2) is 4.98 Å². The van der Waals surface area contributed by atoms with Crippen molar-refractivity contribution in [2.45, 2.75) is 12.1 Å². The number of aromatic amines is 1. The lowest BCUT2D eigenvalue weighted by Gasteiger charge is -2.06. The van der Waals surface area contributed by atoms with E-state index in [1.54, 1.807) is 0 Å². The van der Waals surface area contributed by atoms with Crippen molar-refractivity contribution in [3.63, 3.8) is 0 Å². The van der Waals surface area contributed by atoms with Crippen LogP contribution in [-0.2, 0) is 4.79 Å². The van der Waals surface area contributed by atoms with Crippen molar-refractivity contribution < 1.29 is 4.79 Å². The molecule has 5 nitrogen and oxygen atoms in total. The van der Waals surface area contributed by atoms with E-state index in [1.807, 2.05) is 25.1 Å². The van der Waals surface area contributed by atoms with Crippen LogP contribution in [0.15, 0.2) is 34.2 Å². The summed E-state index contributed by atoms with van der Waals surface area (Å²) in [5.74, 6) is 0.225. The third kappa shape index (κ3) is 3.58. The highest BCUT2D eigenvalue weighted by Gasteiger charge is 2.06. The molecule has 18 heavy (non-hydrogen) atoms. The molecule has 2 rings (SSSR count). The van der Waals surface area contributed by atoms with Gasteiger partial charge in [0.1, 0.15) is 6.33 Å². The fourth-order valence-corrected chi connectivity index (χ4v) is 2.14. The standard InChI is InChI=1S/C11H11BrN4OS/c1-7-4-8(2-3-9(7)12)15-10(17)5-18-11-13-6-14-16-11/h2-4,6H,5H2,1H3,(H,15,17)(H,13,14,16). The molecule has 7 heteroatoms. The van der Waals surface area contributed by atoms with Crippen molar-refractivity contribution in [1.29, 1.82) is 0 Å². The minimum atomic E-state index is -0.0712. The Bertz CT molecular complexity index is 544. The summed E-state index contributed by atoms with van der Waals surface area (Å²) < 4.78 is 1.02. The summed E-state index contributed by atoms with van der Waals surface area (Å²) in [6.07, 6.45) is 1.42. The number of rotatable bonds is 4. The van der Waals surface area contributed by atoms with Gasteiger partial charge in [0.25, 0.3) is 0 Å². The summed E-state index contributed by atoms with van der Waals surface area (Å²) >= 11 is 4.73. The zero-order valence-corrected chi connectivity index (χ0v) is 12.0. The number of hydrogen-bond acceptors (Lipinski definition) is 4. The highest BCUT2D eigenvalue weighted by Crippen LogP contribution is 2.20. The van der Waals surface area contributed by atoms with E-state index in [4.69, 9.17) is 0 Å². The van der Waals surface area contributed by atoms with Gasteiger partial charge in [0.15, 0.2) is 5.16 Å². The number of amides is 1. The number of H-pyrrole nitrogens is 1. The lowest BCUT2D eigenvalue weighted by atomic mass is 10.2. The van der Waals surface area contributed by atoms with E-state index in [0.29, 0.717) is 10.9 Å². The van der Waals surface area contributed by atoms with Gasteiger partial charge < -0.3 is 5.32 Å².